The zero-order valence-electron chi connectivity index (χ0n) is 17.0. The third kappa shape index (κ3) is 5.46. The monoisotopic (exact) mass is 409 g/mol. The van der Waals surface area contributed by atoms with Crippen molar-refractivity contribution in [1.82, 2.24) is 9.80 Å². The predicted molar refractivity (Wildman–Crippen MR) is 125 cm³/mol. The van der Waals surface area contributed by atoms with Crippen molar-refractivity contribution in [3.8, 4) is 0 Å². The van der Waals surface area contributed by atoms with Gasteiger partial charge in [-0.05, 0) is 23.3 Å². The molecule has 0 saturated carbocycles. The number of hydrogen-bond acceptors (Lipinski definition) is 4. The second kappa shape index (κ2) is 10.0. The van der Waals surface area contributed by atoms with Crippen molar-refractivity contribution in [2.24, 2.45) is 10.7 Å². The Morgan fingerprint density at radius 1 is 0.828 bits per heavy atom. The van der Waals surface area contributed by atoms with Crippen molar-refractivity contribution in [1.29, 1.82) is 0 Å². The molecule has 0 radical (unpaired) electrons. The summed E-state index contributed by atoms with van der Waals surface area (Å²) in [6.45, 7) is 7.97. The summed E-state index contributed by atoms with van der Waals surface area (Å²) in [7, 11) is 0. The van der Waals surface area contributed by atoms with E-state index in [1.807, 2.05) is 11.8 Å². The molecule has 0 aliphatic carbocycles. The number of guanidine groups is 1. The van der Waals surface area contributed by atoms with Crippen molar-refractivity contribution in [2.45, 2.75) is 13.1 Å². The van der Waals surface area contributed by atoms with Crippen LogP contribution >= 0.6 is 11.8 Å². The van der Waals surface area contributed by atoms with Crippen LogP contribution in [0.5, 0.6) is 0 Å². The van der Waals surface area contributed by atoms with Crippen LogP contribution in [0.25, 0.3) is 0 Å². The number of hydrogen-bond donors (Lipinski definition) is 1. The Bertz CT molecular complexity index is 796. The normalized spacial score (nSPS) is 18.8. The molecular weight excluding hydrogens is 378 g/mol. The van der Waals surface area contributed by atoms with Crippen LogP contribution in [0.4, 0.5) is 5.69 Å². The molecule has 0 aromatic heterocycles. The largest absolute Gasteiger partial charge is 0.370 e. The zero-order chi connectivity index (χ0) is 19.9. The van der Waals surface area contributed by atoms with Crippen LogP contribution in [0.1, 0.15) is 11.1 Å². The summed E-state index contributed by atoms with van der Waals surface area (Å²) in [6, 6.07) is 19.4. The smallest absolute Gasteiger partial charge is 0.191 e. The van der Waals surface area contributed by atoms with Gasteiger partial charge in [-0.3, -0.25) is 4.90 Å². The van der Waals surface area contributed by atoms with Crippen LogP contribution < -0.4 is 10.6 Å². The highest BCUT2D eigenvalue weighted by atomic mass is 32.2. The Morgan fingerprint density at radius 3 is 2.21 bits per heavy atom. The molecule has 0 bridgehead atoms. The summed E-state index contributed by atoms with van der Waals surface area (Å²) in [5.74, 6) is 2.97. The minimum Gasteiger partial charge on any atom is -0.370 e. The minimum absolute atomic E-state index is 0.662. The maximum absolute atomic E-state index is 6.25. The van der Waals surface area contributed by atoms with Gasteiger partial charge in [-0.25, -0.2) is 4.99 Å². The number of thioether (sulfide) groups is 1. The molecule has 2 fully saturated rings. The first-order valence-corrected chi connectivity index (χ1v) is 11.7. The number of anilines is 1. The first kappa shape index (κ1) is 20.1. The van der Waals surface area contributed by atoms with Crippen molar-refractivity contribution >= 4 is 23.4 Å². The summed E-state index contributed by atoms with van der Waals surface area (Å²) in [6.07, 6.45) is 0. The van der Waals surface area contributed by atoms with E-state index >= 15 is 0 Å². The van der Waals surface area contributed by atoms with Gasteiger partial charge in [-0.15, -0.1) is 0 Å². The summed E-state index contributed by atoms with van der Waals surface area (Å²) in [4.78, 5) is 11.9. The van der Waals surface area contributed by atoms with E-state index in [0.717, 1.165) is 57.3 Å². The molecule has 0 atom stereocenters. The van der Waals surface area contributed by atoms with Crippen LogP contribution in [-0.2, 0) is 13.1 Å². The van der Waals surface area contributed by atoms with Crippen LogP contribution in [-0.4, -0.2) is 66.5 Å². The Kier molecular flexibility index (Phi) is 6.96. The third-order valence-electron chi connectivity index (χ3n) is 5.75. The highest BCUT2D eigenvalue weighted by molar-refractivity contribution is 7.99. The average molecular weight is 410 g/mol. The molecule has 6 heteroatoms. The average Bonchev–Trinajstić information content (AvgIpc) is 2.80. The lowest BCUT2D eigenvalue weighted by Gasteiger charge is -2.36. The third-order valence-corrected chi connectivity index (χ3v) is 6.69. The second-order valence-corrected chi connectivity index (χ2v) is 8.87. The second-order valence-electron chi connectivity index (χ2n) is 7.64. The Hall–Kier alpha value is -2.18. The molecule has 0 amide bonds. The number of nitrogens with zero attached hydrogens (tertiary/aromatic N) is 4. The zero-order valence-corrected chi connectivity index (χ0v) is 17.9. The van der Waals surface area contributed by atoms with Crippen molar-refractivity contribution in [3.05, 3.63) is 65.7 Å². The topological polar surface area (TPSA) is 48.1 Å². The number of para-hydroxylation sites is 1. The predicted octanol–water partition coefficient (Wildman–Crippen LogP) is 2.87. The molecule has 154 valence electrons. The highest BCUT2D eigenvalue weighted by Gasteiger charge is 2.18. The SMILES string of the molecule is NC(=NCc1ccccc1CN1CCN(c2ccccc2)CC1)N1CCSCC1. The fourth-order valence-electron chi connectivity index (χ4n) is 3.97. The van der Waals surface area contributed by atoms with E-state index < -0.39 is 0 Å². The van der Waals surface area contributed by atoms with E-state index in [4.69, 9.17) is 10.7 Å². The van der Waals surface area contributed by atoms with E-state index in [2.05, 4.69) is 69.3 Å². The van der Waals surface area contributed by atoms with Crippen LogP contribution in [0, 0.1) is 0 Å². The van der Waals surface area contributed by atoms with Gasteiger partial charge in [0.1, 0.15) is 0 Å². The van der Waals surface area contributed by atoms with E-state index in [1.54, 1.807) is 0 Å². The van der Waals surface area contributed by atoms with Gasteiger partial charge in [0.2, 0.25) is 0 Å². The van der Waals surface area contributed by atoms with Gasteiger partial charge in [0.25, 0.3) is 0 Å². The molecule has 0 spiro atoms. The summed E-state index contributed by atoms with van der Waals surface area (Å²) < 4.78 is 0. The van der Waals surface area contributed by atoms with Gasteiger partial charge < -0.3 is 15.5 Å². The molecule has 2 aromatic carbocycles. The van der Waals surface area contributed by atoms with Gasteiger partial charge in [-0.2, -0.15) is 11.8 Å². The molecule has 2 heterocycles. The Balaban J connectivity index is 1.34. The lowest BCUT2D eigenvalue weighted by Crippen LogP contribution is -2.46. The summed E-state index contributed by atoms with van der Waals surface area (Å²) in [5, 5.41) is 0. The van der Waals surface area contributed by atoms with E-state index in [1.165, 1.54) is 16.8 Å². The van der Waals surface area contributed by atoms with Crippen molar-refractivity contribution < 1.29 is 0 Å². The van der Waals surface area contributed by atoms with Gasteiger partial charge in [0.05, 0.1) is 6.54 Å². The molecular formula is C23H31N5S. The first-order valence-electron chi connectivity index (χ1n) is 10.5. The fourth-order valence-corrected chi connectivity index (χ4v) is 4.87. The highest BCUT2D eigenvalue weighted by Crippen LogP contribution is 2.19. The quantitative estimate of drug-likeness (QED) is 0.608. The van der Waals surface area contributed by atoms with Crippen molar-refractivity contribution in [3.63, 3.8) is 0 Å². The van der Waals surface area contributed by atoms with Crippen LogP contribution in [0.2, 0.25) is 0 Å². The van der Waals surface area contributed by atoms with Crippen LogP contribution in [0.15, 0.2) is 59.6 Å². The van der Waals surface area contributed by atoms with E-state index in [-0.39, 0.29) is 0 Å². The summed E-state index contributed by atoms with van der Waals surface area (Å²) >= 11 is 1.99. The fraction of sp³-hybridized carbons (Fsp3) is 0.435. The molecule has 5 nitrogen and oxygen atoms in total. The molecule has 2 aromatic rings. The minimum atomic E-state index is 0.662. The number of piperazine rings is 1. The molecule has 2 aliphatic rings. The van der Waals surface area contributed by atoms with Gasteiger partial charge in [-0.1, -0.05) is 42.5 Å². The number of rotatable bonds is 5. The van der Waals surface area contributed by atoms with Gasteiger partial charge in [0, 0.05) is 63.0 Å². The molecule has 4 rings (SSSR count). The van der Waals surface area contributed by atoms with E-state index in [0.29, 0.717) is 12.5 Å². The standard InChI is InChI=1S/C23H31N5S/c24-23(28-14-16-29-17-15-28)25-18-20-6-4-5-7-21(20)19-26-10-12-27(13-11-26)22-8-2-1-3-9-22/h1-9H,10-19H2,(H2,24,25). The molecule has 0 unspecified atom stereocenters. The van der Waals surface area contributed by atoms with E-state index in [9.17, 15) is 0 Å². The van der Waals surface area contributed by atoms with Crippen molar-refractivity contribution in [2.75, 3.05) is 55.7 Å². The molecule has 2 N–H and O–H groups in total. The number of aliphatic imine (C=N–C) groups is 1. The van der Waals surface area contributed by atoms with Gasteiger partial charge >= 0.3 is 0 Å². The Morgan fingerprint density at radius 2 is 1.48 bits per heavy atom. The van der Waals surface area contributed by atoms with Crippen LogP contribution in [0.3, 0.4) is 0 Å². The molecule has 2 saturated heterocycles. The van der Waals surface area contributed by atoms with Gasteiger partial charge in [0.15, 0.2) is 5.96 Å². The molecule has 2 aliphatic heterocycles. The number of benzene rings is 2. The first-order chi connectivity index (χ1) is 14.3. The number of nitrogens with two attached hydrogens (primary N) is 1. The lowest BCUT2D eigenvalue weighted by molar-refractivity contribution is 0.249. The lowest BCUT2D eigenvalue weighted by atomic mass is 10.1. The maximum atomic E-state index is 6.25. The molecule has 29 heavy (non-hydrogen) atoms. The maximum Gasteiger partial charge on any atom is 0.191 e. The Labute approximate surface area is 178 Å². The summed E-state index contributed by atoms with van der Waals surface area (Å²) in [5.41, 5.74) is 10.2.